The van der Waals surface area contributed by atoms with Crippen molar-refractivity contribution in [3.05, 3.63) is 94.6 Å². The third kappa shape index (κ3) is 8.02. The normalized spacial score (nSPS) is 13.9. The van der Waals surface area contributed by atoms with Crippen LogP contribution in [-0.4, -0.2) is 41.8 Å². The van der Waals surface area contributed by atoms with Gasteiger partial charge in [0.1, 0.15) is 11.9 Å². The van der Waals surface area contributed by atoms with Crippen LogP contribution in [-0.2, 0) is 26.0 Å². The zero-order valence-corrected chi connectivity index (χ0v) is 24.7. The lowest BCUT2D eigenvalue weighted by Crippen LogP contribution is -2.33. The number of anilines is 2. The van der Waals surface area contributed by atoms with Crippen LogP contribution in [0.5, 0.6) is 0 Å². The Morgan fingerprint density at radius 3 is 2.40 bits per heavy atom. The lowest BCUT2D eigenvalue weighted by Gasteiger charge is -2.21. The van der Waals surface area contributed by atoms with Crippen molar-refractivity contribution in [2.45, 2.75) is 41.7 Å². The average Bonchev–Trinajstić information content (AvgIpc) is 3.81. The maximum absolute atomic E-state index is 13.5. The number of nitrogens with one attached hydrogen (secondary N) is 2. The number of sulfone groups is 1. The molecule has 1 fully saturated rings. The molecule has 0 saturated heterocycles. The Morgan fingerprint density at radius 2 is 1.74 bits per heavy atom. The van der Waals surface area contributed by atoms with Gasteiger partial charge in [-0.2, -0.15) is 13.2 Å². The summed E-state index contributed by atoms with van der Waals surface area (Å²) in [4.78, 5) is 26.8. The summed E-state index contributed by atoms with van der Waals surface area (Å²) in [6.45, 7) is 0.104. The molecule has 0 radical (unpaired) electrons. The number of carboxylic acid groups (broad SMARTS) is 1. The number of nitrogen functional groups attached to an aromatic ring is 1. The Labute approximate surface area is 253 Å². The Bertz CT molecular complexity index is 1760. The Hall–Kier alpha value is -4.17. The largest absolute Gasteiger partial charge is 0.490 e. The van der Waals surface area contributed by atoms with E-state index in [1.165, 1.54) is 0 Å². The van der Waals surface area contributed by atoms with Crippen LogP contribution < -0.4 is 16.4 Å². The molecule has 1 aromatic heterocycles. The third-order valence-electron chi connectivity index (χ3n) is 6.49. The minimum atomic E-state index is -5.08. The van der Waals surface area contributed by atoms with Crippen molar-refractivity contribution in [2.75, 3.05) is 11.1 Å². The number of halogens is 4. The lowest BCUT2D eigenvalue weighted by atomic mass is 10.0. The number of nitrogens with two attached hydrogens (primary N) is 1. The molecule has 5 N–H and O–H groups in total. The van der Waals surface area contributed by atoms with Crippen molar-refractivity contribution in [2.24, 2.45) is 0 Å². The Kier molecular flexibility index (Phi) is 9.60. The van der Waals surface area contributed by atoms with Crippen LogP contribution in [0, 0.1) is 0 Å². The van der Waals surface area contributed by atoms with E-state index in [-0.39, 0.29) is 17.7 Å². The van der Waals surface area contributed by atoms with Gasteiger partial charge >= 0.3 is 12.1 Å². The first kappa shape index (κ1) is 31.8. The summed E-state index contributed by atoms with van der Waals surface area (Å²) in [5.74, 6) is -2.59. The number of aromatic nitrogens is 1. The monoisotopic (exact) mass is 678 g/mol. The summed E-state index contributed by atoms with van der Waals surface area (Å²) in [6, 6.07) is 21.2. The first-order valence-electron chi connectivity index (χ1n) is 12.8. The Morgan fingerprint density at radius 1 is 1.05 bits per heavy atom. The molecule has 1 amide bonds. The number of hydrogen-bond acceptors (Lipinski definition) is 7. The first-order chi connectivity index (χ1) is 20.3. The fourth-order valence-corrected chi connectivity index (χ4v) is 6.52. The number of alkyl halides is 3. The van der Waals surface area contributed by atoms with Crippen molar-refractivity contribution in [1.29, 1.82) is 0 Å². The standard InChI is InChI=1S/C27H25BrN4O3S.C2HF3O2/c28-20-6-3-5-18(14-20)25(32-21-8-11-23-17(15-21)12-13-30-26(23)29)27(33)31-16-19-4-1-2-7-24(19)36(34,35)22-9-10-22;3-2(4,5)1(6)7/h1-8,11-15,22,25,32H,9-10,16H2,(H2,29,30)(H,31,33);(H,6,7). The van der Waals surface area contributed by atoms with Gasteiger partial charge < -0.3 is 21.5 Å². The molecule has 1 aliphatic rings. The van der Waals surface area contributed by atoms with Crippen molar-refractivity contribution in [3.63, 3.8) is 0 Å². The number of carboxylic acids is 1. The highest BCUT2D eigenvalue weighted by Crippen LogP contribution is 2.35. The molecule has 9 nitrogen and oxygen atoms in total. The number of rotatable bonds is 8. The highest BCUT2D eigenvalue weighted by molar-refractivity contribution is 9.10. The fourth-order valence-electron chi connectivity index (χ4n) is 4.21. The molecule has 1 unspecified atom stereocenters. The molecule has 14 heteroatoms. The molecule has 226 valence electrons. The van der Waals surface area contributed by atoms with E-state index in [2.05, 4.69) is 31.5 Å². The van der Waals surface area contributed by atoms with Crippen LogP contribution in [0.2, 0.25) is 0 Å². The van der Waals surface area contributed by atoms with E-state index in [1.807, 2.05) is 48.5 Å². The maximum Gasteiger partial charge on any atom is 0.490 e. The van der Waals surface area contributed by atoms with Crippen LogP contribution >= 0.6 is 15.9 Å². The van der Waals surface area contributed by atoms with Gasteiger partial charge in [0, 0.05) is 28.3 Å². The number of nitrogens with zero attached hydrogens (tertiary/aromatic N) is 1. The molecule has 1 aliphatic carbocycles. The Balaban J connectivity index is 0.000000541. The second-order valence-electron chi connectivity index (χ2n) is 9.64. The average molecular weight is 680 g/mol. The van der Waals surface area contributed by atoms with Gasteiger partial charge in [-0.05, 0) is 71.8 Å². The predicted octanol–water partition coefficient (Wildman–Crippen LogP) is 5.62. The van der Waals surface area contributed by atoms with Gasteiger partial charge in [0.15, 0.2) is 9.84 Å². The molecule has 3 aromatic carbocycles. The van der Waals surface area contributed by atoms with E-state index in [0.717, 1.165) is 26.5 Å². The topological polar surface area (TPSA) is 151 Å². The minimum Gasteiger partial charge on any atom is -0.475 e. The summed E-state index contributed by atoms with van der Waals surface area (Å²) in [7, 11) is -3.38. The highest BCUT2D eigenvalue weighted by Gasteiger charge is 2.39. The van der Waals surface area contributed by atoms with Crippen molar-refractivity contribution in [1.82, 2.24) is 10.3 Å². The van der Waals surface area contributed by atoms with E-state index in [9.17, 15) is 26.4 Å². The van der Waals surface area contributed by atoms with E-state index in [0.29, 0.717) is 29.1 Å². The molecule has 0 aliphatic heterocycles. The highest BCUT2D eigenvalue weighted by atomic mass is 79.9. The molecule has 1 atom stereocenters. The minimum absolute atomic E-state index is 0.104. The smallest absolute Gasteiger partial charge is 0.475 e. The molecular formula is C29H26BrF3N4O5S. The number of pyridine rings is 1. The van der Waals surface area contributed by atoms with Gasteiger partial charge in [0.2, 0.25) is 5.91 Å². The summed E-state index contributed by atoms with van der Waals surface area (Å²) in [5, 5.41) is 14.8. The molecule has 0 bridgehead atoms. The molecule has 4 aromatic rings. The van der Waals surface area contributed by atoms with E-state index >= 15 is 0 Å². The number of amides is 1. The number of fused-ring (bicyclic) bond motifs is 1. The maximum atomic E-state index is 13.5. The van der Waals surface area contributed by atoms with Crippen LogP contribution in [0.1, 0.15) is 30.0 Å². The fraction of sp³-hybridized carbons (Fsp3) is 0.207. The number of carbonyl (C=O) groups is 2. The number of benzene rings is 3. The summed E-state index contributed by atoms with van der Waals surface area (Å²) in [5.41, 5.74) is 8.06. The molecule has 0 spiro atoms. The summed E-state index contributed by atoms with van der Waals surface area (Å²) >= 11 is 3.49. The van der Waals surface area contributed by atoms with Gasteiger partial charge in [-0.25, -0.2) is 18.2 Å². The summed E-state index contributed by atoms with van der Waals surface area (Å²) in [6.07, 6.45) is -2.07. The number of carbonyl (C=O) groups excluding carboxylic acids is 1. The van der Waals surface area contributed by atoms with Crippen molar-refractivity contribution in [3.8, 4) is 0 Å². The second-order valence-corrected chi connectivity index (χ2v) is 12.7. The first-order valence-corrected chi connectivity index (χ1v) is 15.2. The van der Waals surface area contributed by atoms with E-state index in [4.69, 9.17) is 15.6 Å². The lowest BCUT2D eigenvalue weighted by molar-refractivity contribution is -0.192. The van der Waals surface area contributed by atoms with Crippen LogP contribution in [0.25, 0.3) is 10.8 Å². The number of aliphatic carboxylic acids is 1. The van der Waals surface area contributed by atoms with Gasteiger partial charge in [0.05, 0.1) is 10.1 Å². The zero-order chi connectivity index (χ0) is 31.4. The van der Waals surface area contributed by atoms with Gasteiger partial charge in [-0.1, -0.05) is 46.3 Å². The third-order valence-corrected chi connectivity index (χ3v) is 9.34. The summed E-state index contributed by atoms with van der Waals surface area (Å²) < 4.78 is 58.3. The molecule has 43 heavy (non-hydrogen) atoms. The zero-order valence-electron chi connectivity index (χ0n) is 22.3. The SMILES string of the molecule is Nc1nccc2cc(NC(C(=O)NCc3ccccc3S(=O)(=O)C3CC3)c3cccc(Br)c3)ccc12.O=C(O)C(F)(F)F. The van der Waals surface area contributed by atoms with Crippen LogP contribution in [0.4, 0.5) is 24.7 Å². The van der Waals surface area contributed by atoms with Crippen LogP contribution in [0.15, 0.2) is 88.4 Å². The predicted molar refractivity (Wildman–Crippen MR) is 159 cm³/mol. The van der Waals surface area contributed by atoms with Gasteiger partial charge in [-0.15, -0.1) is 0 Å². The van der Waals surface area contributed by atoms with Crippen molar-refractivity contribution >= 4 is 59.9 Å². The molecular weight excluding hydrogens is 653 g/mol. The molecule has 1 heterocycles. The van der Waals surface area contributed by atoms with Crippen molar-refractivity contribution < 1.29 is 36.3 Å². The van der Waals surface area contributed by atoms with Crippen LogP contribution in [0.3, 0.4) is 0 Å². The molecule has 5 rings (SSSR count). The van der Waals surface area contributed by atoms with E-state index < -0.39 is 28.0 Å². The quantitative estimate of drug-likeness (QED) is 0.188. The molecule has 1 saturated carbocycles. The number of hydrogen-bond donors (Lipinski definition) is 4. The second kappa shape index (κ2) is 13.0. The van der Waals surface area contributed by atoms with Gasteiger partial charge in [0.25, 0.3) is 0 Å². The van der Waals surface area contributed by atoms with Gasteiger partial charge in [-0.3, -0.25) is 4.79 Å². The van der Waals surface area contributed by atoms with E-state index in [1.54, 1.807) is 30.5 Å².